The number of rotatable bonds is 5. The summed E-state index contributed by atoms with van der Waals surface area (Å²) in [5.74, 6) is 0. The molecule has 1 saturated carbocycles. The Labute approximate surface area is 116 Å². The molecule has 1 aromatic rings. The van der Waals surface area contributed by atoms with Gasteiger partial charge in [0.25, 0.3) is 5.69 Å². The van der Waals surface area contributed by atoms with Gasteiger partial charge in [0.1, 0.15) is 4.90 Å². The molecule has 1 aromatic carbocycles. The van der Waals surface area contributed by atoms with Gasteiger partial charge in [0, 0.05) is 24.7 Å². The number of hydrogen-bond acceptors (Lipinski definition) is 4. The summed E-state index contributed by atoms with van der Waals surface area (Å²) in [5.41, 5.74) is -0.283. The lowest BCUT2D eigenvalue weighted by atomic mass is 10.3. The van der Waals surface area contributed by atoms with Crippen LogP contribution in [0.15, 0.2) is 23.1 Å². The summed E-state index contributed by atoms with van der Waals surface area (Å²) in [4.78, 5) is 9.90. The summed E-state index contributed by atoms with van der Waals surface area (Å²) in [7, 11) is -3.78. The van der Waals surface area contributed by atoms with Gasteiger partial charge in [0.05, 0.1) is 9.95 Å². The highest BCUT2D eigenvalue weighted by Crippen LogP contribution is 2.35. The zero-order chi connectivity index (χ0) is 14.2. The van der Waals surface area contributed by atoms with E-state index in [1.807, 2.05) is 0 Å². The SMILES string of the molecule is CCN(C1CC1)S(=O)(=O)c1cc([N+](=O)[O-])ccc1Cl. The molecule has 104 valence electrons. The molecule has 0 N–H and O–H groups in total. The van der Waals surface area contributed by atoms with Crippen molar-refractivity contribution in [2.24, 2.45) is 0 Å². The van der Waals surface area contributed by atoms with Crippen molar-refractivity contribution in [3.8, 4) is 0 Å². The Morgan fingerprint density at radius 2 is 2.11 bits per heavy atom. The third-order valence-electron chi connectivity index (χ3n) is 2.98. The molecule has 6 nitrogen and oxygen atoms in total. The first-order valence-electron chi connectivity index (χ1n) is 5.83. The van der Waals surface area contributed by atoms with Crippen LogP contribution in [0, 0.1) is 10.1 Å². The zero-order valence-electron chi connectivity index (χ0n) is 10.2. The van der Waals surface area contributed by atoms with Crippen LogP contribution in [-0.2, 0) is 10.0 Å². The molecule has 8 heteroatoms. The average Bonchev–Trinajstić information content (AvgIpc) is 3.14. The number of nitro groups is 1. The lowest BCUT2D eigenvalue weighted by Gasteiger charge is -2.20. The molecule has 0 aliphatic heterocycles. The third kappa shape index (κ3) is 2.72. The Morgan fingerprint density at radius 1 is 1.47 bits per heavy atom. The molecule has 1 fully saturated rings. The fourth-order valence-electron chi connectivity index (χ4n) is 1.92. The van der Waals surface area contributed by atoms with Crippen LogP contribution in [0.3, 0.4) is 0 Å². The van der Waals surface area contributed by atoms with E-state index < -0.39 is 14.9 Å². The summed E-state index contributed by atoms with van der Waals surface area (Å²) in [6.45, 7) is 2.06. The second kappa shape index (κ2) is 5.07. The van der Waals surface area contributed by atoms with Crippen LogP contribution in [-0.4, -0.2) is 30.2 Å². The molecule has 0 spiro atoms. The molecule has 0 heterocycles. The Morgan fingerprint density at radius 3 is 2.58 bits per heavy atom. The van der Waals surface area contributed by atoms with Gasteiger partial charge in [0.2, 0.25) is 10.0 Å². The number of non-ortho nitro benzene ring substituents is 1. The molecule has 0 amide bonds. The van der Waals surface area contributed by atoms with Gasteiger partial charge < -0.3 is 0 Å². The zero-order valence-corrected chi connectivity index (χ0v) is 11.8. The Bertz CT molecular complexity index is 613. The summed E-state index contributed by atoms with van der Waals surface area (Å²) in [6.07, 6.45) is 1.64. The maximum absolute atomic E-state index is 12.5. The van der Waals surface area contributed by atoms with E-state index in [9.17, 15) is 18.5 Å². The van der Waals surface area contributed by atoms with Gasteiger partial charge in [-0.05, 0) is 18.9 Å². The molecule has 2 rings (SSSR count). The minimum absolute atomic E-state index is 0.00435. The highest BCUT2D eigenvalue weighted by Gasteiger charge is 2.38. The third-order valence-corrected chi connectivity index (χ3v) is 5.49. The molecule has 0 unspecified atom stereocenters. The Hall–Kier alpha value is -1.18. The number of hydrogen-bond donors (Lipinski definition) is 0. The molecule has 0 saturated heterocycles. The summed E-state index contributed by atoms with van der Waals surface area (Å²) in [5, 5.41) is 10.7. The van der Waals surface area contributed by atoms with E-state index in [1.165, 1.54) is 16.4 Å². The highest BCUT2D eigenvalue weighted by atomic mass is 35.5. The number of nitro benzene ring substituents is 1. The maximum Gasteiger partial charge on any atom is 0.270 e. The summed E-state index contributed by atoms with van der Waals surface area (Å²) >= 11 is 5.88. The topological polar surface area (TPSA) is 80.5 Å². The molecule has 0 atom stereocenters. The Kier molecular flexibility index (Phi) is 3.80. The molecule has 1 aliphatic carbocycles. The minimum atomic E-state index is -3.78. The van der Waals surface area contributed by atoms with Crippen LogP contribution in [0.25, 0.3) is 0 Å². The van der Waals surface area contributed by atoms with Crippen molar-refractivity contribution in [1.82, 2.24) is 4.31 Å². The molecular formula is C11H13ClN2O4S. The van der Waals surface area contributed by atoms with Crippen molar-refractivity contribution in [1.29, 1.82) is 0 Å². The maximum atomic E-state index is 12.5. The van der Waals surface area contributed by atoms with E-state index in [0.717, 1.165) is 18.9 Å². The number of sulfonamides is 1. The first kappa shape index (κ1) is 14.2. The highest BCUT2D eigenvalue weighted by molar-refractivity contribution is 7.89. The van der Waals surface area contributed by atoms with Gasteiger partial charge in [-0.3, -0.25) is 10.1 Å². The van der Waals surface area contributed by atoms with E-state index in [0.29, 0.717) is 6.54 Å². The number of benzene rings is 1. The van der Waals surface area contributed by atoms with Crippen molar-refractivity contribution in [2.45, 2.75) is 30.7 Å². The Balaban J connectivity index is 2.49. The fraction of sp³-hybridized carbons (Fsp3) is 0.455. The fourth-order valence-corrected chi connectivity index (χ4v) is 4.11. The lowest BCUT2D eigenvalue weighted by Crippen LogP contribution is -2.33. The number of nitrogens with zero attached hydrogens (tertiary/aromatic N) is 2. The number of halogens is 1. The van der Waals surface area contributed by atoms with Gasteiger partial charge in [-0.25, -0.2) is 8.42 Å². The van der Waals surface area contributed by atoms with E-state index >= 15 is 0 Å². The summed E-state index contributed by atoms with van der Waals surface area (Å²) in [6, 6.07) is 3.44. The van der Waals surface area contributed by atoms with Crippen LogP contribution in [0.4, 0.5) is 5.69 Å². The van der Waals surface area contributed by atoms with Gasteiger partial charge >= 0.3 is 0 Å². The first-order valence-corrected chi connectivity index (χ1v) is 7.65. The molecule has 0 bridgehead atoms. The molecule has 0 radical (unpaired) electrons. The largest absolute Gasteiger partial charge is 0.270 e. The van der Waals surface area contributed by atoms with Crippen molar-refractivity contribution in [3.05, 3.63) is 33.3 Å². The first-order chi connectivity index (χ1) is 8.87. The van der Waals surface area contributed by atoms with E-state index in [2.05, 4.69) is 0 Å². The van der Waals surface area contributed by atoms with Crippen molar-refractivity contribution in [2.75, 3.05) is 6.54 Å². The molecule has 1 aliphatic rings. The van der Waals surface area contributed by atoms with Gasteiger partial charge in [0.15, 0.2) is 0 Å². The van der Waals surface area contributed by atoms with Crippen LogP contribution in [0.2, 0.25) is 5.02 Å². The summed E-state index contributed by atoms with van der Waals surface area (Å²) < 4.78 is 26.3. The molecule has 0 aromatic heterocycles. The second-order valence-corrected chi connectivity index (χ2v) is 6.58. The quantitative estimate of drug-likeness (QED) is 0.618. The van der Waals surface area contributed by atoms with Crippen LogP contribution >= 0.6 is 11.6 Å². The van der Waals surface area contributed by atoms with E-state index in [-0.39, 0.29) is 21.6 Å². The standard InChI is InChI=1S/C11H13ClN2O4S/c1-2-13(8-3-4-8)19(17,18)11-7-9(14(15)16)5-6-10(11)12/h5-8H,2-4H2,1H3. The van der Waals surface area contributed by atoms with Crippen molar-refractivity contribution >= 4 is 27.3 Å². The average molecular weight is 305 g/mol. The second-order valence-electron chi connectivity index (χ2n) is 4.31. The van der Waals surface area contributed by atoms with Crippen LogP contribution in [0.1, 0.15) is 19.8 Å². The smallest absolute Gasteiger partial charge is 0.258 e. The van der Waals surface area contributed by atoms with Gasteiger partial charge in [-0.15, -0.1) is 0 Å². The van der Waals surface area contributed by atoms with Gasteiger partial charge in [-0.1, -0.05) is 18.5 Å². The molecule has 19 heavy (non-hydrogen) atoms. The normalized spacial score (nSPS) is 15.7. The molecular weight excluding hydrogens is 292 g/mol. The monoisotopic (exact) mass is 304 g/mol. The van der Waals surface area contributed by atoms with E-state index in [4.69, 9.17) is 11.6 Å². The van der Waals surface area contributed by atoms with Crippen LogP contribution < -0.4 is 0 Å². The minimum Gasteiger partial charge on any atom is -0.258 e. The lowest BCUT2D eigenvalue weighted by molar-refractivity contribution is -0.385. The van der Waals surface area contributed by atoms with Crippen LogP contribution in [0.5, 0.6) is 0 Å². The predicted octanol–water partition coefficient (Wildman–Crippen LogP) is 2.42. The predicted molar refractivity (Wildman–Crippen MR) is 70.7 cm³/mol. The van der Waals surface area contributed by atoms with Gasteiger partial charge in [-0.2, -0.15) is 4.31 Å². The van der Waals surface area contributed by atoms with Crippen molar-refractivity contribution in [3.63, 3.8) is 0 Å². The van der Waals surface area contributed by atoms with E-state index in [1.54, 1.807) is 6.92 Å². The van der Waals surface area contributed by atoms with Crippen molar-refractivity contribution < 1.29 is 13.3 Å².